The molecule has 3 nitrogen and oxygen atoms in total. The van der Waals surface area contributed by atoms with Gasteiger partial charge in [-0.1, -0.05) is 13.8 Å². The monoisotopic (exact) mass is 157 g/mol. The molecule has 0 aromatic carbocycles. The summed E-state index contributed by atoms with van der Waals surface area (Å²) in [4.78, 5) is 11.1. The Morgan fingerprint density at radius 2 is 2.18 bits per heavy atom. The second-order valence-corrected chi connectivity index (χ2v) is 3.58. The van der Waals surface area contributed by atoms with Gasteiger partial charge in [-0.05, 0) is 12.8 Å². The average molecular weight is 157 g/mol. The number of hydrogen-bond donors (Lipinski definition) is 2. The molecule has 64 valence electrons. The third kappa shape index (κ3) is 1.93. The Morgan fingerprint density at radius 3 is 2.45 bits per heavy atom. The lowest BCUT2D eigenvalue weighted by molar-refractivity contribution is -0.125. The van der Waals surface area contributed by atoms with Crippen LogP contribution in [0.3, 0.4) is 0 Å². The largest absolute Gasteiger partial charge is 0.394 e. The standard InChI is InChI=1S/C8H15NO2/c1-6(2)7(11)9-8(5-10)3-4-8/h6,10H,3-5H2,1-2H3,(H,9,11). The SMILES string of the molecule is CC(C)C(=O)NC1(CO)CC1. The van der Waals surface area contributed by atoms with Crippen LogP contribution in [-0.4, -0.2) is 23.2 Å². The van der Waals surface area contributed by atoms with Crippen molar-refractivity contribution in [1.82, 2.24) is 5.32 Å². The molecule has 3 heteroatoms. The van der Waals surface area contributed by atoms with Gasteiger partial charge >= 0.3 is 0 Å². The zero-order valence-electron chi connectivity index (χ0n) is 7.05. The van der Waals surface area contributed by atoms with E-state index in [1.807, 2.05) is 13.8 Å². The highest BCUT2D eigenvalue weighted by Gasteiger charge is 2.43. The maximum absolute atomic E-state index is 11.1. The summed E-state index contributed by atoms with van der Waals surface area (Å²) in [5.41, 5.74) is -0.249. The maximum atomic E-state index is 11.1. The highest BCUT2D eigenvalue weighted by atomic mass is 16.3. The fraction of sp³-hybridized carbons (Fsp3) is 0.875. The lowest BCUT2D eigenvalue weighted by atomic mass is 10.2. The summed E-state index contributed by atoms with van der Waals surface area (Å²) in [6.45, 7) is 3.77. The summed E-state index contributed by atoms with van der Waals surface area (Å²) < 4.78 is 0. The Kier molecular flexibility index (Phi) is 2.18. The molecule has 0 atom stereocenters. The molecule has 1 fully saturated rings. The second-order valence-electron chi connectivity index (χ2n) is 3.58. The third-order valence-corrected chi connectivity index (χ3v) is 2.07. The molecule has 0 unspecified atom stereocenters. The summed E-state index contributed by atoms with van der Waals surface area (Å²) in [5.74, 6) is 0.0515. The van der Waals surface area contributed by atoms with E-state index < -0.39 is 0 Å². The van der Waals surface area contributed by atoms with Crippen molar-refractivity contribution >= 4 is 5.91 Å². The number of amides is 1. The van der Waals surface area contributed by atoms with Crippen LogP contribution in [0.1, 0.15) is 26.7 Å². The molecule has 0 heterocycles. The Morgan fingerprint density at radius 1 is 1.64 bits per heavy atom. The van der Waals surface area contributed by atoms with E-state index in [0.717, 1.165) is 12.8 Å². The molecular formula is C8H15NO2. The number of rotatable bonds is 3. The predicted molar refractivity (Wildman–Crippen MR) is 42.0 cm³/mol. The Labute approximate surface area is 66.8 Å². The molecule has 1 aliphatic carbocycles. The minimum absolute atomic E-state index is 0.0130. The van der Waals surface area contributed by atoms with Gasteiger partial charge in [-0.2, -0.15) is 0 Å². The normalized spacial score (nSPS) is 20.0. The molecule has 1 saturated carbocycles. The summed E-state index contributed by atoms with van der Waals surface area (Å²) >= 11 is 0. The molecular weight excluding hydrogens is 142 g/mol. The topological polar surface area (TPSA) is 49.3 Å². The molecule has 1 amide bonds. The van der Waals surface area contributed by atoms with Crippen molar-refractivity contribution in [3.63, 3.8) is 0 Å². The fourth-order valence-electron chi connectivity index (χ4n) is 0.879. The van der Waals surface area contributed by atoms with Crippen LogP contribution in [0.25, 0.3) is 0 Å². The van der Waals surface area contributed by atoms with Crippen LogP contribution in [0.15, 0.2) is 0 Å². The van der Waals surface area contributed by atoms with Gasteiger partial charge in [0.2, 0.25) is 5.91 Å². The average Bonchev–Trinajstić information content (AvgIpc) is 2.69. The number of hydrogen-bond acceptors (Lipinski definition) is 2. The van der Waals surface area contributed by atoms with E-state index in [-0.39, 0.29) is 24.0 Å². The zero-order chi connectivity index (χ0) is 8.48. The molecule has 1 aliphatic rings. The third-order valence-electron chi connectivity index (χ3n) is 2.07. The highest BCUT2D eigenvalue weighted by molar-refractivity contribution is 5.79. The van der Waals surface area contributed by atoms with Crippen molar-refractivity contribution < 1.29 is 9.90 Å². The van der Waals surface area contributed by atoms with Crippen molar-refractivity contribution in [3.05, 3.63) is 0 Å². The molecule has 0 bridgehead atoms. The smallest absolute Gasteiger partial charge is 0.223 e. The first-order valence-corrected chi connectivity index (χ1v) is 4.02. The summed E-state index contributed by atoms with van der Waals surface area (Å²) in [7, 11) is 0. The Bertz CT molecular complexity index is 161. The van der Waals surface area contributed by atoms with Gasteiger partial charge in [0.1, 0.15) is 0 Å². The summed E-state index contributed by atoms with van der Waals surface area (Å²) in [5, 5.41) is 11.7. The first-order valence-electron chi connectivity index (χ1n) is 4.02. The van der Waals surface area contributed by atoms with Gasteiger partial charge in [-0.15, -0.1) is 0 Å². The molecule has 11 heavy (non-hydrogen) atoms. The van der Waals surface area contributed by atoms with Crippen LogP contribution in [-0.2, 0) is 4.79 Å². The molecule has 0 spiro atoms. The number of aliphatic hydroxyl groups excluding tert-OH is 1. The van der Waals surface area contributed by atoms with Gasteiger partial charge in [0.05, 0.1) is 12.1 Å². The fourth-order valence-corrected chi connectivity index (χ4v) is 0.879. The number of nitrogens with one attached hydrogen (secondary N) is 1. The number of carbonyl (C=O) groups excluding carboxylic acids is 1. The van der Waals surface area contributed by atoms with Crippen LogP contribution in [0, 0.1) is 5.92 Å². The lowest BCUT2D eigenvalue weighted by Crippen LogP contribution is -2.41. The van der Waals surface area contributed by atoms with E-state index >= 15 is 0 Å². The molecule has 2 N–H and O–H groups in total. The van der Waals surface area contributed by atoms with E-state index in [1.54, 1.807) is 0 Å². The van der Waals surface area contributed by atoms with E-state index in [2.05, 4.69) is 5.32 Å². The number of carbonyl (C=O) groups is 1. The van der Waals surface area contributed by atoms with Crippen molar-refractivity contribution in [2.24, 2.45) is 5.92 Å². The lowest BCUT2D eigenvalue weighted by Gasteiger charge is -2.15. The Hall–Kier alpha value is -0.570. The molecule has 0 radical (unpaired) electrons. The van der Waals surface area contributed by atoms with Gasteiger partial charge < -0.3 is 10.4 Å². The van der Waals surface area contributed by atoms with Crippen LogP contribution in [0.4, 0.5) is 0 Å². The summed E-state index contributed by atoms with van der Waals surface area (Å²) in [6.07, 6.45) is 1.84. The maximum Gasteiger partial charge on any atom is 0.223 e. The van der Waals surface area contributed by atoms with Crippen molar-refractivity contribution in [1.29, 1.82) is 0 Å². The van der Waals surface area contributed by atoms with E-state index in [1.165, 1.54) is 0 Å². The van der Waals surface area contributed by atoms with Crippen molar-refractivity contribution in [2.75, 3.05) is 6.61 Å². The molecule has 0 aliphatic heterocycles. The highest BCUT2D eigenvalue weighted by Crippen LogP contribution is 2.34. The van der Waals surface area contributed by atoms with Crippen LogP contribution < -0.4 is 5.32 Å². The molecule has 0 saturated heterocycles. The van der Waals surface area contributed by atoms with E-state index in [0.29, 0.717) is 0 Å². The zero-order valence-corrected chi connectivity index (χ0v) is 7.05. The first kappa shape index (κ1) is 8.53. The molecule has 0 aromatic rings. The molecule has 1 rings (SSSR count). The number of aliphatic hydroxyl groups is 1. The van der Waals surface area contributed by atoms with Crippen molar-refractivity contribution in [2.45, 2.75) is 32.2 Å². The van der Waals surface area contributed by atoms with E-state index in [9.17, 15) is 4.79 Å². The minimum Gasteiger partial charge on any atom is -0.394 e. The second kappa shape index (κ2) is 2.81. The predicted octanol–water partition coefficient (Wildman–Crippen LogP) is 0.283. The van der Waals surface area contributed by atoms with Gasteiger partial charge in [0, 0.05) is 5.92 Å². The quantitative estimate of drug-likeness (QED) is 0.618. The first-order chi connectivity index (χ1) is 5.09. The van der Waals surface area contributed by atoms with Crippen LogP contribution in [0.5, 0.6) is 0 Å². The van der Waals surface area contributed by atoms with Gasteiger partial charge in [0.15, 0.2) is 0 Å². The van der Waals surface area contributed by atoms with Gasteiger partial charge in [0.25, 0.3) is 0 Å². The van der Waals surface area contributed by atoms with E-state index in [4.69, 9.17) is 5.11 Å². The van der Waals surface area contributed by atoms with Gasteiger partial charge in [-0.25, -0.2) is 0 Å². The Balaban J connectivity index is 2.36. The molecule has 0 aromatic heterocycles. The van der Waals surface area contributed by atoms with Crippen LogP contribution in [0.2, 0.25) is 0 Å². The van der Waals surface area contributed by atoms with Gasteiger partial charge in [-0.3, -0.25) is 4.79 Å². The van der Waals surface area contributed by atoms with Crippen LogP contribution >= 0.6 is 0 Å². The van der Waals surface area contributed by atoms with Crippen molar-refractivity contribution in [3.8, 4) is 0 Å². The minimum atomic E-state index is -0.249. The summed E-state index contributed by atoms with van der Waals surface area (Å²) in [6, 6.07) is 0.